The van der Waals surface area contributed by atoms with E-state index in [9.17, 15) is 0 Å². The van der Waals surface area contributed by atoms with Gasteiger partial charge in [0, 0.05) is 12.2 Å². The molecule has 0 saturated heterocycles. The number of rotatable bonds is 5. The van der Waals surface area contributed by atoms with Crippen LogP contribution in [0.3, 0.4) is 0 Å². The van der Waals surface area contributed by atoms with Crippen LogP contribution in [-0.2, 0) is 0 Å². The lowest BCUT2D eigenvalue weighted by atomic mass is 10.3. The minimum absolute atomic E-state index is 0.196. The van der Waals surface area contributed by atoms with Crippen LogP contribution in [0.2, 0.25) is 0 Å². The highest BCUT2D eigenvalue weighted by Crippen LogP contribution is 2.18. The van der Waals surface area contributed by atoms with E-state index in [1.54, 1.807) is 4.68 Å². The summed E-state index contributed by atoms with van der Waals surface area (Å²) >= 11 is 1.45. The lowest BCUT2D eigenvalue weighted by Crippen LogP contribution is -2.12. The molecule has 0 radical (unpaired) electrons. The van der Waals surface area contributed by atoms with Crippen molar-refractivity contribution in [2.75, 3.05) is 5.75 Å². The Kier molecular flexibility index (Phi) is 4.13. The second-order valence-electron chi connectivity index (χ2n) is 3.40. The third-order valence-electron chi connectivity index (χ3n) is 2.16. The van der Waals surface area contributed by atoms with Gasteiger partial charge in [-0.1, -0.05) is 35.1 Å². The maximum absolute atomic E-state index is 8.43. The van der Waals surface area contributed by atoms with Crippen LogP contribution in [-0.4, -0.2) is 37.0 Å². The summed E-state index contributed by atoms with van der Waals surface area (Å²) in [4.78, 5) is 0. The van der Waals surface area contributed by atoms with Crippen molar-refractivity contribution in [2.45, 2.75) is 11.6 Å². The molecule has 0 unspecified atom stereocenters. The molecule has 1 aromatic heterocycles. The number of thioether (sulfide) groups is 1. The van der Waals surface area contributed by atoms with Crippen molar-refractivity contribution in [2.24, 2.45) is 10.9 Å². The van der Waals surface area contributed by atoms with Gasteiger partial charge in [-0.05, 0) is 22.6 Å². The van der Waals surface area contributed by atoms with Crippen LogP contribution in [0.1, 0.15) is 6.42 Å². The van der Waals surface area contributed by atoms with Gasteiger partial charge in [0.15, 0.2) is 0 Å². The Bertz CT molecular complexity index is 526. The molecule has 3 N–H and O–H groups in total. The van der Waals surface area contributed by atoms with Gasteiger partial charge < -0.3 is 10.9 Å². The third-order valence-corrected chi connectivity index (χ3v) is 3.08. The standard InChI is InChI=1S/C10H12N6OS/c11-9(13-17)6-7-18-10-12-14-15-16(10)8-4-2-1-3-5-8/h1-5,17H,6-7H2,(H2,11,13). The van der Waals surface area contributed by atoms with Crippen molar-refractivity contribution in [3.05, 3.63) is 30.3 Å². The van der Waals surface area contributed by atoms with E-state index in [2.05, 4.69) is 20.7 Å². The number of nitrogens with zero attached hydrogens (tertiary/aromatic N) is 5. The second-order valence-corrected chi connectivity index (χ2v) is 4.46. The topological polar surface area (TPSA) is 102 Å². The molecule has 2 aromatic rings. The van der Waals surface area contributed by atoms with E-state index < -0.39 is 0 Å². The Labute approximate surface area is 108 Å². The number of oxime groups is 1. The van der Waals surface area contributed by atoms with Gasteiger partial charge >= 0.3 is 0 Å². The molecule has 0 spiro atoms. The van der Waals surface area contributed by atoms with Gasteiger partial charge in [0.2, 0.25) is 5.16 Å². The van der Waals surface area contributed by atoms with Crippen LogP contribution in [0.15, 0.2) is 40.6 Å². The van der Waals surface area contributed by atoms with Gasteiger partial charge in [0.1, 0.15) is 5.84 Å². The minimum Gasteiger partial charge on any atom is -0.409 e. The number of benzene rings is 1. The van der Waals surface area contributed by atoms with E-state index in [0.29, 0.717) is 17.3 Å². The molecule has 0 bridgehead atoms. The number of hydrogen-bond acceptors (Lipinski definition) is 6. The molecule has 1 aromatic carbocycles. The van der Waals surface area contributed by atoms with E-state index in [1.807, 2.05) is 30.3 Å². The molecule has 18 heavy (non-hydrogen) atoms. The fraction of sp³-hybridized carbons (Fsp3) is 0.200. The van der Waals surface area contributed by atoms with Crippen LogP contribution >= 0.6 is 11.8 Å². The molecule has 0 aliphatic heterocycles. The molecule has 7 nitrogen and oxygen atoms in total. The fourth-order valence-corrected chi connectivity index (χ4v) is 2.15. The first-order valence-electron chi connectivity index (χ1n) is 5.24. The first kappa shape index (κ1) is 12.4. The van der Waals surface area contributed by atoms with Gasteiger partial charge in [-0.25, -0.2) is 0 Å². The quantitative estimate of drug-likeness (QED) is 0.273. The molecule has 8 heteroatoms. The molecule has 0 amide bonds. The summed E-state index contributed by atoms with van der Waals surface area (Å²) in [5, 5.41) is 23.5. The van der Waals surface area contributed by atoms with Crippen molar-refractivity contribution in [1.29, 1.82) is 0 Å². The van der Waals surface area contributed by atoms with Crippen LogP contribution in [0.4, 0.5) is 0 Å². The zero-order chi connectivity index (χ0) is 12.8. The summed E-state index contributed by atoms with van der Waals surface area (Å²) in [7, 11) is 0. The minimum atomic E-state index is 0.196. The molecule has 0 saturated carbocycles. The van der Waals surface area contributed by atoms with Crippen LogP contribution < -0.4 is 5.73 Å². The summed E-state index contributed by atoms with van der Waals surface area (Å²) in [6.45, 7) is 0. The summed E-state index contributed by atoms with van der Waals surface area (Å²) in [6.07, 6.45) is 0.475. The van der Waals surface area contributed by atoms with Gasteiger partial charge in [-0.3, -0.25) is 0 Å². The summed E-state index contributed by atoms with van der Waals surface area (Å²) in [6, 6.07) is 9.61. The van der Waals surface area contributed by atoms with Gasteiger partial charge in [-0.2, -0.15) is 4.68 Å². The fourth-order valence-electron chi connectivity index (χ4n) is 1.30. The first-order chi connectivity index (χ1) is 8.81. The molecule has 0 aliphatic carbocycles. The molecular weight excluding hydrogens is 252 g/mol. The zero-order valence-corrected chi connectivity index (χ0v) is 10.3. The van der Waals surface area contributed by atoms with Crippen LogP contribution in [0.25, 0.3) is 5.69 Å². The lowest BCUT2D eigenvalue weighted by molar-refractivity contribution is 0.317. The monoisotopic (exact) mass is 264 g/mol. The first-order valence-corrected chi connectivity index (χ1v) is 6.23. The van der Waals surface area contributed by atoms with Crippen molar-refractivity contribution in [1.82, 2.24) is 20.2 Å². The average molecular weight is 264 g/mol. The molecule has 1 heterocycles. The maximum atomic E-state index is 8.43. The number of tetrazole rings is 1. The van der Waals surface area contributed by atoms with E-state index in [-0.39, 0.29) is 5.84 Å². The largest absolute Gasteiger partial charge is 0.409 e. The molecular formula is C10H12N6OS. The predicted octanol–water partition coefficient (Wildman–Crippen LogP) is 0.891. The Hall–Kier alpha value is -2.09. The predicted molar refractivity (Wildman–Crippen MR) is 67.9 cm³/mol. The highest BCUT2D eigenvalue weighted by atomic mass is 32.2. The third kappa shape index (κ3) is 2.98. The number of nitrogens with two attached hydrogens (primary N) is 1. The number of hydrogen-bond donors (Lipinski definition) is 2. The van der Waals surface area contributed by atoms with E-state index in [1.165, 1.54) is 11.8 Å². The summed E-state index contributed by atoms with van der Waals surface area (Å²) in [5.74, 6) is 0.838. The Balaban J connectivity index is 2.05. The molecule has 0 atom stereocenters. The molecule has 2 rings (SSSR count). The molecule has 94 valence electrons. The highest BCUT2D eigenvalue weighted by Gasteiger charge is 2.08. The maximum Gasteiger partial charge on any atom is 0.214 e. The van der Waals surface area contributed by atoms with E-state index in [0.717, 1.165) is 5.69 Å². The van der Waals surface area contributed by atoms with Gasteiger partial charge in [0.25, 0.3) is 0 Å². The number of amidine groups is 1. The average Bonchev–Trinajstić information content (AvgIpc) is 2.88. The Morgan fingerprint density at radius 3 is 2.89 bits per heavy atom. The Morgan fingerprint density at radius 2 is 2.17 bits per heavy atom. The SMILES string of the molecule is N/C(CCSc1nnnn1-c1ccccc1)=N\O. The van der Waals surface area contributed by atoms with E-state index >= 15 is 0 Å². The molecule has 0 aliphatic rings. The van der Waals surface area contributed by atoms with Gasteiger partial charge in [-0.15, -0.1) is 5.10 Å². The smallest absolute Gasteiger partial charge is 0.214 e. The van der Waals surface area contributed by atoms with Gasteiger partial charge in [0.05, 0.1) is 5.69 Å². The number of para-hydroxylation sites is 1. The summed E-state index contributed by atoms with van der Waals surface area (Å²) in [5.41, 5.74) is 6.29. The van der Waals surface area contributed by atoms with Crippen LogP contribution in [0.5, 0.6) is 0 Å². The second kappa shape index (κ2) is 6.01. The zero-order valence-electron chi connectivity index (χ0n) is 9.47. The number of aromatic nitrogens is 4. The summed E-state index contributed by atoms with van der Waals surface area (Å²) < 4.78 is 1.65. The Morgan fingerprint density at radius 1 is 1.39 bits per heavy atom. The normalized spacial score (nSPS) is 11.7. The van der Waals surface area contributed by atoms with Crippen LogP contribution in [0, 0.1) is 0 Å². The van der Waals surface area contributed by atoms with Crippen molar-refractivity contribution < 1.29 is 5.21 Å². The van der Waals surface area contributed by atoms with E-state index in [4.69, 9.17) is 10.9 Å². The van der Waals surface area contributed by atoms with Crippen molar-refractivity contribution in [3.8, 4) is 5.69 Å². The highest BCUT2D eigenvalue weighted by molar-refractivity contribution is 7.99. The van der Waals surface area contributed by atoms with Crippen molar-refractivity contribution in [3.63, 3.8) is 0 Å². The lowest BCUT2D eigenvalue weighted by Gasteiger charge is -2.03. The molecule has 0 fully saturated rings. The van der Waals surface area contributed by atoms with Crippen molar-refractivity contribution >= 4 is 17.6 Å².